The number of hydrogen-bond donors (Lipinski definition) is 1. The molecular weight excluding hydrogens is 264 g/mol. The van der Waals surface area contributed by atoms with Crippen LogP contribution in [0.3, 0.4) is 0 Å². The summed E-state index contributed by atoms with van der Waals surface area (Å²) in [4.78, 5) is 4.52. The first-order chi connectivity index (χ1) is 10.2. The molecule has 3 rings (SSSR count). The smallest absolute Gasteiger partial charge is 0.226 e. The van der Waals surface area contributed by atoms with Gasteiger partial charge in [-0.1, -0.05) is 18.2 Å². The molecule has 21 heavy (non-hydrogen) atoms. The molecule has 0 amide bonds. The van der Waals surface area contributed by atoms with Crippen molar-refractivity contribution in [1.82, 2.24) is 10.3 Å². The summed E-state index contributed by atoms with van der Waals surface area (Å²) < 4.78 is 11.1. The van der Waals surface area contributed by atoms with E-state index in [4.69, 9.17) is 8.83 Å². The van der Waals surface area contributed by atoms with Gasteiger partial charge in [-0.25, -0.2) is 4.98 Å². The second-order valence-corrected chi connectivity index (χ2v) is 5.07. The lowest BCUT2D eigenvalue weighted by Gasteiger charge is -2.00. The average molecular weight is 282 g/mol. The summed E-state index contributed by atoms with van der Waals surface area (Å²) in [7, 11) is 0. The molecule has 2 heterocycles. The third-order valence-electron chi connectivity index (χ3n) is 3.33. The van der Waals surface area contributed by atoms with Crippen molar-refractivity contribution in [3.05, 3.63) is 65.4 Å². The predicted octanol–water partition coefficient (Wildman–Crippen LogP) is 3.84. The molecule has 4 nitrogen and oxygen atoms in total. The van der Waals surface area contributed by atoms with Gasteiger partial charge in [0, 0.05) is 12.1 Å². The van der Waals surface area contributed by atoms with E-state index >= 15 is 0 Å². The van der Waals surface area contributed by atoms with Crippen LogP contribution in [-0.2, 0) is 13.1 Å². The number of furan rings is 1. The van der Waals surface area contributed by atoms with Crippen molar-refractivity contribution in [2.24, 2.45) is 0 Å². The van der Waals surface area contributed by atoms with E-state index in [0.717, 1.165) is 28.3 Å². The Morgan fingerprint density at radius 2 is 1.90 bits per heavy atom. The Bertz CT molecular complexity index is 728. The van der Waals surface area contributed by atoms with E-state index in [1.54, 1.807) is 6.26 Å². The fraction of sp³-hybridized carbons (Fsp3) is 0.235. The normalized spacial score (nSPS) is 11.0. The zero-order valence-electron chi connectivity index (χ0n) is 12.2. The molecule has 0 fully saturated rings. The summed E-state index contributed by atoms with van der Waals surface area (Å²) in [5.74, 6) is 2.52. The fourth-order valence-corrected chi connectivity index (χ4v) is 2.22. The summed E-state index contributed by atoms with van der Waals surface area (Å²) in [5.41, 5.74) is 3.08. The summed E-state index contributed by atoms with van der Waals surface area (Å²) in [6.45, 7) is 5.32. The Kier molecular flexibility index (Phi) is 3.88. The van der Waals surface area contributed by atoms with Gasteiger partial charge in [0.1, 0.15) is 17.8 Å². The van der Waals surface area contributed by atoms with Crippen LogP contribution >= 0.6 is 0 Å². The van der Waals surface area contributed by atoms with Crippen LogP contribution in [0.1, 0.15) is 22.8 Å². The standard InChI is InChI=1S/C17H18N2O2/c1-12-5-3-4-6-16(12)17-19-14(11-20-17)9-18-10-15-8-7-13(2)21-15/h3-8,11,18H,9-10H2,1-2H3. The zero-order chi connectivity index (χ0) is 14.7. The van der Waals surface area contributed by atoms with Crippen molar-refractivity contribution in [3.8, 4) is 11.5 Å². The largest absolute Gasteiger partial charge is 0.465 e. The topological polar surface area (TPSA) is 51.2 Å². The number of rotatable bonds is 5. The SMILES string of the molecule is Cc1ccc(CNCc2coc(-c3ccccc3C)n2)o1. The minimum atomic E-state index is 0.648. The second-order valence-electron chi connectivity index (χ2n) is 5.07. The highest BCUT2D eigenvalue weighted by atomic mass is 16.3. The average Bonchev–Trinajstić information content (AvgIpc) is 3.09. The molecule has 0 saturated heterocycles. The number of nitrogens with one attached hydrogen (secondary N) is 1. The quantitative estimate of drug-likeness (QED) is 0.772. The van der Waals surface area contributed by atoms with E-state index < -0.39 is 0 Å². The number of nitrogens with zero attached hydrogens (tertiary/aromatic N) is 1. The lowest BCUT2D eigenvalue weighted by atomic mass is 10.1. The molecule has 0 spiro atoms. The monoisotopic (exact) mass is 282 g/mol. The summed E-state index contributed by atoms with van der Waals surface area (Å²) in [5, 5.41) is 3.29. The van der Waals surface area contributed by atoms with Crippen molar-refractivity contribution >= 4 is 0 Å². The van der Waals surface area contributed by atoms with Crippen LogP contribution in [-0.4, -0.2) is 4.98 Å². The molecule has 0 aliphatic heterocycles. The molecular formula is C17H18N2O2. The zero-order valence-corrected chi connectivity index (χ0v) is 12.2. The molecule has 0 aliphatic carbocycles. The van der Waals surface area contributed by atoms with Crippen LogP contribution in [0.4, 0.5) is 0 Å². The van der Waals surface area contributed by atoms with Gasteiger partial charge in [-0.05, 0) is 37.6 Å². The van der Waals surface area contributed by atoms with Gasteiger partial charge in [0.05, 0.1) is 12.2 Å². The highest BCUT2D eigenvalue weighted by molar-refractivity contribution is 5.58. The molecule has 3 aromatic rings. The highest BCUT2D eigenvalue weighted by Gasteiger charge is 2.08. The predicted molar refractivity (Wildman–Crippen MR) is 80.7 cm³/mol. The van der Waals surface area contributed by atoms with Crippen LogP contribution in [0.15, 0.2) is 51.5 Å². The van der Waals surface area contributed by atoms with Gasteiger partial charge in [-0.3, -0.25) is 0 Å². The lowest BCUT2D eigenvalue weighted by Crippen LogP contribution is -2.12. The summed E-state index contributed by atoms with van der Waals surface area (Å²) in [6, 6.07) is 12.0. The molecule has 2 aromatic heterocycles. The number of oxazole rings is 1. The Morgan fingerprint density at radius 3 is 2.67 bits per heavy atom. The second kappa shape index (κ2) is 5.97. The van der Waals surface area contributed by atoms with Gasteiger partial charge in [0.2, 0.25) is 5.89 Å². The lowest BCUT2D eigenvalue weighted by molar-refractivity contribution is 0.460. The fourth-order valence-electron chi connectivity index (χ4n) is 2.22. The Hall–Kier alpha value is -2.33. The Morgan fingerprint density at radius 1 is 1.05 bits per heavy atom. The van der Waals surface area contributed by atoms with Gasteiger partial charge < -0.3 is 14.2 Å². The number of hydrogen-bond acceptors (Lipinski definition) is 4. The van der Waals surface area contributed by atoms with E-state index in [1.807, 2.05) is 37.3 Å². The molecule has 0 bridgehead atoms. The van der Waals surface area contributed by atoms with Gasteiger partial charge in [0.25, 0.3) is 0 Å². The Labute approximate surface area is 123 Å². The number of benzene rings is 1. The molecule has 4 heteroatoms. The van der Waals surface area contributed by atoms with Gasteiger partial charge >= 0.3 is 0 Å². The third-order valence-corrected chi connectivity index (χ3v) is 3.33. The van der Waals surface area contributed by atoms with Gasteiger partial charge in [-0.15, -0.1) is 0 Å². The molecule has 1 aromatic carbocycles. The van der Waals surface area contributed by atoms with Crippen LogP contribution in [0, 0.1) is 13.8 Å². The maximum Gasteiger partial charge on any atom is 0.226 e. The minimum Gasteiger partial charge on any atom is -0.465 e. The van der Waals surface area contributed by atoms with E-state index in [1.165, 1.54) is 0 Å². The van der Waals surface area contributed by atoms with Crippen molar-refractivity contribution in [3.63, 3.8) is 0 Å². The first kappa shape index (κ1) is 13.6. The van der Waals surface area contributed by atoms with Gasteiger partial charge in [-0.2, -0.15) is 0 Å². The minimum absolute atomic E-state index is 0.648. The third kappa shape index (κ3) is 3.23. The van der Waals surface area contributed by atoms with Crippen molar-refractivity contribution in [2.75, 3.05) is 0 Å². The van der Waals surface area contributed by atoms with Crippen molar-refractivity contribution in [1.29, 1.82) is 0 Å². The van der Waals surface area contributed by atoms with Crippen LogP contribution in [0.5, 0.6) is 0 Å². The van der Waals surface area contributed by atoms with Crippen molar-refractivity contribution in [2.45, 2.75) is 26.9 Å². The van der Waals surface area contributed by atoms with Crippen LogP contribution in [0.2, 0.25) is 0 Å². The van der Waals surface area contributed by atoms with E-state index in [2.05, 4.69) is 23.3 Å². The molecule has 0 radical (unpaired) electrons. The first-order valence-electron chi connectivity index (χ1n) is 6.99. The first-order valence-corrected chi connectivity index (χ1v) is 6.99. The maximum atomic E-state index is 5.56. The maximum absolute atomic E-state index is 5.56. The van der Waals surface area contributed by atoms with E-state index in [-0.39, 0.29) is 0 Å². The van der Waals surface area contributed by atoms with E-state index in [0.29, 0.717) is 19.0 Å². The molecule has 108 valence electrons. The Balaban J connectivity index is 1.62. The molecule has 0 saturated carbocycles. The highest BCUT2D eigenvalue weighted by Crippen LogP contribution is 2.22. The summed E-state index contributed by atoms with van der Waals surface area (Å²) in [6.07, 6.45) is 1.70. The van der Waals surface area contributed by atoms with E-state index in [9.17, 15) is 0 Å². The molecule has 0 aliphatic rings. The molecule has 0 unspecified atom stereocenters. The molecule has 1 N–H and O–H groups in total. The number of aryl methyl sites for hydroxylation is 2. The van der Waals surface area contributed by atoms with Crippen molar-refractivity contribution < 1.29 is 8.83 Å². The number of aromatic nitrogens is 1. The van der Waals surface area contributed by atoms with Crippen LogP contribution in [0.25, 0.3) is 11.5 Å². The van der Waals surface area contributed by atoms with Crippen LogP contribution < -0.4 is 5.32 Å². The molecule has 0 atom stereocenters. The summed E-state index contributed by atoms with van der Waals surface area (Å²) >= 11 is 0. The van der Waals surface area contributed by atoms with Gasteiger partial charge in [0.15, 0.2) is 0 Å².